The van der Waals surface area contributed by atoms with Crippen LogP contribution in [-0.4, -0.2) is 48.4 Å². The van der Waals surface area contributed by atoms with Gasteiger partial charge in [0.1, 0.15) is 0 Å². The second kappa shape index (κ2) is 2.84. The molecule has 2 unspecified atom stereocenters. The van der Waals surface area contributed by atoms with Gasteiger partial charge in [0.15, 0.2) is 0 Å². The summed E-state index contributed by atoms with van der Waals surface area (Å²) in [5.74, 6) is 0. The number of carbonyl (C=O) groups is 1. The van der Waals surface area contributed by atoms with Crippen molar-refractivity contribution in [2.45, 2.75) is 18.4 Å². The molecule has 2 aliphatic rings. The monoisotopic (exact) mass is 200 g/mol. The van der Waals surface area contributed by atoms with Gasteiger partial charge in [0.25, 0.3) is 0 Å². The van der Waals surface area contributed by atoms with E-state index in [0.717, 1.165) is 12.8 Å². The summed E-state index contributed by atoms with van der Waals surface area (Å²) in [5, 5.41) is 9.11. The van der Waals surface area contributed by atoms with Gasteiger partial charge in [-0.15, -0.1) is 0 Å². The average molecular weight is 200 g/mol. The molecule has 2 fully saturated rings. The van der Waals surface area contributed by atoms with Crippen LogP contribution in [0.1, 0.15) is 12.8 Å². The second-order valence-corrected chi connectivity index (χ2v) is 4.41. The molecule has 5 heteroatoms. The highest BCUT2D eigenvalue weighted by Gasteiger charge is 2.67. The van der Waals surface area contributed by atoms with Crippen molar-refractivity contribution in [3.63, 3.8) is 0 Å². The predicted molar refractivity (Wildman–Crippen MR) is 49.6 cm³/mol. The minimum absolute atomic E-state index is 0.00200. The van der Waals surface area contributed by atoms with E-state index in [9.17, 15) is 4.79 Å². The molecule has 1 amide bonds. The fraction of sp³-hybridized carbons (Fsp3) is 0.889. The Morgan fingerprint density at radius 3 is 2.93 bits per heavy atom. The highest BCUT2D eigenvalue weighted by molar-refractivity contribution is 5.68. The van der Waals surface area contributed by atoms with Crippen LogP contribution in [0, 0.1) is 5.41 Å². The van der Waals surface area contributed by atoms with E-state index in [4.69, 9.17) is 10.8 Å². The molecule has 0 radical (unpaired) electrons. The van der Waals surface area contributed by atoms with Crippen molar-refractivity contribution in [3.05, 3.63) is 0 Å². The lowest BCUT2D eigenvalue weighted by molar-refractivity contribution is 0.129. The lowest BCUT2D eigenvalue weighted by atomic mass is 10.00. The van der Waals surface area contributed by atoms with Gasteiger partial charge in [-0.3, -0.25) is 0 Å². The first-order valence-electron chi connectivity index (χ1n) is 4.80. The molecule has 3 N–H and O–H groups in total. The fourth-order valence-corrected chi connectivity index (χ4v) is 2.49. The summed E-state index contributed by atoms with van der Waals surface area (Å²) in [7, 11) is 1.38. The van der Waals surface area contributed by atoms with Crippen molar-refractivity contribution >= 4 is 6.09 Å². The Labute approximate surface area is 82.8 Å². The van der Waals surface area contributed by atoms with Gasteiger partial charge in [-0.2, -0.15) is 0 Å². The molecule has 0 aromatic carbocycles. The molecular formula is C9H16N2O3. The molecule has 1 saturated heterocycles. The third-order valence-electron chi connectivity index (χ3n) is 3.65. The Bertz CT molecular complexity index is 271. The van der Waals surface area contributed by atoms with E-state index in [0.29, 0.717) is 13.1 Å². The molecule has 14 heavy (non-hydrogen) atoms. The Morgan fingerprint density at radius 2 is 2.43 bits per heavy atom. The largest absolute Gasteiger partial charge is 0.453 e. The number of ether oxygens (including phenoxy) is 1. The van der Waals surface area contributed by atoms with E-state index in [1.165, 1.54) is 7.11 Å². The Morgan fingerprint density at radius 1 is 1.71 bits per heavy atom. The average Bonchev–Trinajstić information content (AvgIpc) is 2.58. The lowest BCUT2D eigenvalue weighted by Crippen LogP contribution is -2.37. The molecule has 1 aliphatic heterocycles. The van der Waals surface area contributed by atoms with E-state index in [2.05, 4.69) is 4.74 Å². The number of aliphatic hydroxyl groups excluding tert-OH is 1. The zero-order valence-electron chi connectivity index (χ0n) is 8.32. The number of methoxy groups -OCH3 is 1. The number of nitrogens with two attached hydrogens (primary N) is 1. The molecule has 1 aliphatic carbocycles. The van der Waals surface area contributed by atoms with Crippen LogP contribution in [0.4, 0.5) is 4.79 Å². The summed E-state index contributed by atoms with van der Waals surface area (Å²) < 4.78 is 4.64. The van der Waals surface area contributed by atoms with Crippen LogP contribution in [0.15, 0.2) is 0 Å². The number of carbonyl (C=O) groups excluding carboxylic acids is 1. The highest BCUT2D eigenvalue weighted by atomic mass is 16.5. The zero-order chi connectivity index (χ0) is 10.4. The normalized spacial score (nSPS) is 40.4. The minimum atomic E-state index is -0.463. The third-order valence-corrected chi connectivity index (χ3v) is 3.65. The molecular weight excluding hydrogens is 184 g/mol. The fourth-order valence-electron chi connectivity index (χ4n) is 2.49. The molecule has 1 heterocycles. The molecule has 2 rings (SSSR count). The molecule has 2 atom stereocenters. The van der Waals surface area contributed by atoms with Crippen molar-refractivity contribution in [1.29, 1.82) is 0 Å². The molecule has 0 aromatic heterocycles. The number of aliphatic hydroxyl groups is 1. The maximum atomic E-state index is 11.2. The van der Waals surface area contributed by atoms with Crippen LogP contribution in [0.2, 0.25) is 0 Å². The van der Waals surface area contributed by atoms with Gasteiger partial charge in [0.05, 0.1) is 13.7 Å². The summed E-state index contributed by atoms with van der Waals surface area (Å²) in [4.78, 5) is 12.9. The van der Waals surface area contributed by atoms with Crippen LogP contribution in [0.3, 0.4) is 0 Å². The number of likely N-dealkylation sites (tertiary alicyclic amines) is 1. The Balaban J connectivity index is 2.00. The topological polar surface area (TPSA) is 75.8 Å². The number of nitrogens with zero attached hydrogens (tertiary/aromatic N) is 1. The zero-order valence-corrected chi connectivity index (χ0v) is 8.32. The van der Waals surface area contributed by atoms with Gasteiger partial charge in [-0.1, -0.05) is 0 Å². The van der Waals surface area contributed by atoms with Crippen molar-refractivity contribution in [3.8, 4) is 0 Å². The van der Waals surface area contributed by atoms with E-state index in [1.807, 2.05) is 0 Å². The molecule has 1 spiro atoms. The van der Waals surface area contributed by atoms with Gasteiger partial charge in [0, 0.05) is 24.0 Å². The quantitative estimate of drug-likeness (QED) is 0.600. The van der Waals surface area contributed by atoms with Crippen molar-refractivity contribution in [1.82, 2.24) is 4.90 Å². The molecule has 0 bridgehead atoms. The summed E-state index contributed by atoms with van der Waals surface area (Å²) >= 11 is 0. The van der Waals surface area contributed by atoms with Crippen LogP contribution in [0.5, 0.6) is 0 Å². The molecule has 80 valence electrons. The molecule has 5 nitrogen and oxygen atoms in total. The SMILES string of the molecule is COC(=O)N1CCC2(C1)CC2(N)CO. The summed E-state index contributed by atoms with van der Waals surface area (Å²) in [5.41, 5.74) is 5.45. The maximum absolute atomic E-state index is 11.2. The highest BCUT2D eigenvalue weighted by Crippen LogP contribution is 2.59. The number of amides is 1. The Hall–Kier alpha value is -0.810. The summed E-state index contributed by atoms with van der Waals surface area (Å²) in [6.07, 6.45) is 1.39. The summed E-state index contributed by atoms with van der Waals surface area (Å²) in [6.45, 7) is 1.31. The van der Waals surface area contributed by atoms with E-state index < -0.39 is 5.54 Å². The van der Waals surface area contributed by atoms with Crippen molar-refractivity contribution in [2.75, 3.05) is 26.8 Å². The van der Waals surface area contributed by atoms with Gasteiger partial charge in [0.2, 0.25) is 0 Å². The standard InChI is InChI=1S/C9H16N2O3/c1-14-7(13)11-3-2-8(5-11)4-9(8,10)6-12/h12H,2-6,10H2,1H3. The smallest absolute Gasteiger partial charge is 0.409 e. The second-order valence-electron chi connectivity index (χ2n) is 4.41. The minimum Gasteiger partial charge on any atom is -0.453 e. The maximum Gasteiger partial charge on any atom is 0.409 e. The number of hydrogen-bond donors (Lipinski definition) is 2. The van der Waals surface area contributed by atoms with Crippen molar-refractivity contribution < 1.29 is 14.6 Å². The van der Waals surface area contributed by atoms with Gasteiger partial charge < -0.3 is 20.5 Å². The van der Waals surface area contributed by atoms with Gasteiger partial charge in [-0.05, 0) is 12.8 Å². The Kier molecular flexibility index (Phi) is 1.97. The number of rotatable bonds is 1. The van der Waals surface area contributed by atoms with E-state index >= 15 is 0 Å². The van der Waals surface area contributed by atoms with Crippen molar-refractivity contribution in [2.24, 2.45) is 11.1 Å². The number of hydrogen-bond acceptors (Lipinski definition) is 4. The van der Waals surface area contributed by atoms with Gasteiger partial charge in [-0.25, -0.2) is 4.79 Å². The van der Waals surface area contributed by atoms with Crippen LogP contribution < -0.4 is 5.73 Å². The molecule has 1 saturated carbocycles. The van der Waals surface area contributed by atoms with Crippen LogP contribution in [-0.2, 0) is 4.74 Å². The first-order chi connectivity index (χ1) is 6.57. The van der Waals surface area contributed by atoms with Crippen LogP contribution >= 0.6 is 0 Å². The summed E-state index contributed by atoms with van der Waals surface area (Å²) in [6, 6.07) is 0. The predicted octanol–water partition coefficient (Wildman–Crippen LogP) is -0.462. The van der Waals surface area contributed by atoms with Crippen LogP contribution in [0.25, 0.3) is 0 Å². The van der Waals surface area contributed by atoms with Gasteiger partial charge >= 0.3 is 6.09 Å². The first kappa shape index (κ1) is 9.73. The first-order valence-corrected chi connectivity index (χ1v) is 4.80. The van der Waals surface area contributed by atoms with E-state index in [1.54, 1.807) is 4.90 Å². The molecule has 0 aromatic rings. The third kappa shape index (κ3) is 1.12. The lowest BCUT2D eigenvalue weighted by Gasteiger charge is -2.17. The van der Waals surface area contributed by atoms with E-state index in [-0.39, 0.29) is 18.1 Å².